The molecule has 0 heterocycles. The van der Waals surface area contributed by atoms with Gasteiger partial charge < -0.3 is 4.74 Å². The molecule has 86 valence electrons. The molecule has 16 heavy (non-hydrogen) atoms. The normalized spacial score (nSPS) is 11.4. The Morgan fingerprint density at radius 3 is 2.94 bits per heavy atom. The van der Waals surface area contributed by atoms with E-state index in [2.05, 4.69) is 12.0 Å². The van der Waals surface area contributed by atoms with Gasteiger partial charge in [-0.15, -0.1) is 0 Å². The molecule has 0 unspecified atom stereocenters. The van der Waals surface area contributed by atoms with Gasteiger partial charge in [0.15, 0.2) is 11.4 Å². The van der Waals surface area contributed by atoms with Crippen LogP contribution in [0, 0.1) is 0 Å². The van der Waals surface area contributed by atoms with E-state index in [1.165, 1.54) is 0 Å². The maximum Gasteiger partial charge on any atom is 0.198 e. The van der Waals surface area contributed by atoms with Crippen LogP contribution in [-0.4, -0.2) is 12.8 Å². The van der Waals surface area contributed by atoms with Gasteiger partial charge in [-0.2, -0.15) is 5.43 Å². The van der Waals surface area contributed by atoms with Gasteiger partial charge in [-0.3, -0.25) is 0 Å². The Morgan fingerprint density at radius 1 is 1.38 bits per heavy atom. The fraction of sp³-hybridized carbons (Fsp3) is 0.308. The topological polar surface area (TPSA) is 38.2 Å². The molecule has 0 atom stereocenters. The fourth-order valence-corrected chi connectivity index (χ4v) is 1.19. The zero-order valence-corrected chi connectivity index (χ0v) is 9.89. The van der Waals surface area contributed by atoms with E-state index in [-0.39, 0.29) is 0 Å². The van der Waals surface area contributed by atoms with E-state index >= 15 is 0 Å². The lowest BCUT2D eigenvalue weighted by atomic mass is 10.3. The van der Waals surface area contributed by atoms with Gasteiger partial charge in [0.1, 0.15) is 6.61 Å². The standard InChI is InChI=1S/C13H18N2O/c1-3-5-11-16-13-9-7-6-8-12(13)15-14-10-4-2/h3,5-10,15H,4,11H2,1-2H3/p+1/b5-3+,14-10-. The number of nitrogens with zero attached hydrogens (tertiary/aromatic N) is 1. The van der Waals surface area contributed by atoms with E-state index in [0.717, 1.165) is 17.9 Å². The van der Waals surface area contributed by atoms with Gasteiger partial charge in [0, 0.05) is 6.07 Å². The third-order valence-corrected chi connectivity index (χ3v) is 1.99. The summed E-state index contributed by atoms with van der Waals surface area (Å²) < 4.78 is 5.62. The second kappa shape index (κ2) is 7.65. The Morgan fingerprint density at radius 2 is 2.19 bits per heavy atom. The first-order chi connectivity index (χ1) is 7.88. The van der Waals surface area contributed by atoms with Gasteiger partial charge in [0.25, 0.3) is 0 Å². The Bertz CT molecular complexity index is 359. The van der Waals surface area contributed by atoms with E-state index in [9.17, 15) is 0 Å². The zero-order valence-electron chi connectivity index (χ0n) is 9.89. The van der Waals surface area contributed by atoms with Crippen molar-refractivity contribution in [1.29, 1.82) is 0 Å². The predicted molar refractivity (Wildman–Crippen MR) is 67.1 cm³/mol. The van der Waals surface area contributed by atoms with E-state index in [0.29, 0.717) is 6.61 Å². The lowest BCUT2D eigenvalue weighted by molar-refractivity contribution is -0.577. The lowest BCUT2D eigenvalue weighted by Gasteiger charge is -2.04. The van der Waals surface area contributed by atoms with Crippen molar-refractivity contribution in [3.63, 3.8) is 0 Å². The van der Waals surface area contributed by atoms with Crippen molar-refractivity contribution in [2.75, 3.05) is 6.61 Å². The summed E-state index contributed by atoms with van der Waals surface area (Å²) in [4.78, 5) is 0. The van der Waals surface area contributed by atoms with Gasteiger partial charge in [0.05, 0.1) is 6.21 Å². The highest BCUT2D eigenvalue weighted by molar-refractivity contribution is 5.55. The third-order valence-electron chi connectivity index (χ3n) is 1.99. The second-order valence-electron chi connectivity index (χ2n) is 3.29. The number of hydrogen-bond donors (Lipinski definition) is 1. The van der Waals surface area contributed by atoms with Crippen LogP contribution in [0.25, 0.3) is 0 Å². The Labute approximate surface area is 96.8 Å². The highest BCUT2D eigenvalue weighted by atomic mass is 16.5. The summed E-state index contributed by atoms with van der Waals surface area (Å²) in [5, 5.41) is 4.20. The third kappa shape index (κ3) is 4.28. The first kappa shape index (κ1) is 12.5. The van der Waals surface area contributed by atoms with Crippen LogP contribution >= 0.6 is 0 Å². The Hall–Kier alpha value is -1.61. The molecular weight excluding hydrogens is 200 g/mol. The average molecular weight is 219 g/mol. The van der Waals surface area contributed by atoms with Crippen molar-refractivity contribution in [1.82, 2.24) is 0 Å². The van der Waals surface area contributed by atoms with Crippen LogP contribution in [0.3, 0.4) is 0 Å². The summed E-state index contributed by atoms with van der Waals surface area (Å²) in [5.41, 5.74) is 2.84. The highest BCUT2D eigenvalue weighted by Crippen LogP contribution is 2.18. The molecule has 0 saturated heterocycles. The van der Waals surface area contributed by atoms with Crippen LogP contribution in [-0.2, 0) is 0 Å². The number of quaternary nitrogens is 1. The minimum absolute atomic E-state index is 0.596. The van der Waals surface area contributed by atoms with Crippen molar-refractivity contribution in [3.05, 3.63) is 36.4 Å². The zero-order chi connectivity index (χ0) is 11.6. The summed E-state index contributed by atoms with van der Waals surface area (Å²) in [6, 6.07) is 7.90. The molecule has 0 aliphatic rings. The van der Waals surface area contributed by atoms with Gasteiger partial charge >= 0.3 is 0 Å². The number of nitrogens with two attached hydrogens (primary N) is 1. The van der Waals surface area contributed by atoms with Crippen molar-refractivity contribution in [3.8, 4) is 5.75 Å². The minimum atomic E-state index is 0.596. The van der Waals surface area contributed by atoms with Crippen LogP contribution in [0.4, 0.5) is 5.69 Å². The summed E-state index contributed by atoms with van der Waals surface area (Å²) in [5.74, 6) is 0.869. The molecule has 0 aliphatic carbocycles. The number of allylic oxidation sites excluding steroid dienone is 1. The first-order valence-corrected chi connectivity index (χ1v) is 5.56. The smallest absolute Gasteiger partial charge is 0.198 e. The van der Waals surface area contributed by atoms with Gasteiger partial charge in [-0.1, -0.05) is 36.3 Å². The van der Waals surface area contributed by atoms with Crippen LogP contribution < -0.4 is 10.2 Å². The quantitative estimate of drug-likeness (QED) is 0.257. The van der Waals surface area contributed by atoms with Crippen molar-refractivity contribution in [2.24, 2.45) is 5.10 Å². The monoisotopic (exact) mass is 219 g/mol. The summed E-state index contributed by atoms with van der Waals surface area (Å²) in [7, 11) is 0. The summed E-state index contributed by atoms with van der Waals surface area (Å²) in [6.45, 7) is 4.64. The van der Waals surface area contributed by atoms with E-state index < -0.39 is 0 Å². The molecule has 0 fully saturated rings. The van der Waals surface area contributed by atoms with E-state index in [1.807, 2.05) is 55.0 Å². The molecule has 3 heteroatoms. The largest absolute Gasteiger partial charge is 0.483 e. The molecule has 1 rings (SSSR count). The molecule has 1 aromatic rings. The number of para-hydroxylation sites is 1. The number of rotatable bonds is 6. The summed E-state index contributed by atoms with van der Waals surface area (Å²) in [6.07, 6.45) is 6.77. The Kier molecular flexibility index (Phi) is 5.96. The molecule has 2 N–H and O–H groups in total. The molecule has 0 bridgehead atoms. The van der Waals surface area contributed by atoms with E-state index in [1.54, 1.807) is 0 Å². The average Bonchev–Trinajstić information content (AvgIpc) is 2.32. The predicted octanol–water partition coefficient (Wildman–Crippen LogP) is 2.23. The summed E-state index contributed by atoms with van der Waals surface area (Å²) >= 11 is 0. The number of hydrogen-bond acceptors (Lipinski definition) is 2. The maximum atomic E-state index is 5.62. The molecule has 0 saturated carbocycles. The SMILES string of the molecule is C/C=C/COc1ccccc1[NH2+]/N=C\CC. The molecule has 0 aliphatic heterocycles. The van der Waals surface area contributed by atoms with Gasteiger partial charge in [-0.05, 0) is 19.4 Å². The van der Waals surface area contributed by atoms with E-state index in [4.69, 9.17) is 4.74 Å². The first-order valence-electron chi connectivity index (χ1n) is 5.56. The van der Waals surface area contributed by atoms with Crippen molar-refractivity contribution < 1.29 is 10.2 Å². The molecule has 0 spiro atoms. The molecule has 3 nitrogen and oxygen atoms in total. The van der Waals surface area contributed by atoms with Crippen molar-refractivity contribution in [2.45, 2.75) is 20.3 Å². The number of benzene rings is 1. The number of ether oxygens (including phenoxy) is 1. The van der Waals surface area contributed by atoms with Crippen LogP contribution in [0.5, 0.6) is 5.75 Å². The lowest BCUT2D eigenvalue weighted by Crippen LogP contribution is -2.71. The van der Waals surface area contributed by atoms with Crippen LogP contribution in [0.2, 0.25) is 0 Å². The maximum absolute atomic E-state index is 5.62. The molecule has 0 aromatic heterocycles. The minimum Gasteiger partial charge on any atom is -0.483 e. The fourth-order valence-electron chi connectivity index (χ4n) is 1.19. The highest BCUT2D eigenvalue weighted by Gasteiger charge is 2.04. The molecule has 0 radical (unpaired) electrons. The second-order valence-corrected chi connectivity index (χ2v) is 3.29. The molecule has 1 aromatic carbocycles. The molecular formula is C13H19N2O+. The molecule has 0 amide bonds. The van der Waals surface area contributed by atoms with Gasteiger partial charge in [0.2, 0.25) is 0 Å². The Balaban J connectivity index is 2.63. The van der Waals surface area contributed by atoms with Crippen molar-refractivity contribution >= 4 is 11.9 Å². The van der Waals surface area contributed by atoms with Gasteiger partial charge in [-0.25, -0.2) is 0 Å². The van der Waals surface area contributed by atoms with Crippen LogP contribution in [0.15, 0.2) is 41.5 Å². The van der Waals surface area contributed by atoms with Crippen LogP contribution in [0.1, 0.15) is 20.3 Å².